The first-order chi connectivity index (χ1) is 11.7. The zero-order valence-electron chi connectivity index (χ0n) is 13.4. The van der Waals surface area contributed by atoms with Crippen molar-refractivity contribution in [2.45, 2.75) is 18.9 Å². The Balaban J connectivity index is 1.61. The van der Waals surface area contributed by atoms with Crippen LogP contribution in [0.15, 0.2) is 29.4 Å². The van der Waals surface area contributed by atoms with Gasteiger partial charge in [-0.2, -0.15) is 0 Å². The molecule has 0 spiro atoms. The maximum atomic E-state index is 12.1. The minimum Gasteiger partial charge on any atom is -0.490 e. The number of nitrogens with zero attached hydrogens (tertiary/aromatic N) is 3. The number of anilines is 2. The quantitative estimate of drug-likeness (QED) is 0.761. The van der Waals surface area contributed by atoms with Gasteiger partial charge < -0.3 is 19.2 Å². The van der Waals surface area contributed by atoms with Gasteiger partial charge in [0.2, 0.25) is 0 Å². The van der Waals surface area contributed by atoms with Crippen molar-refractivity contribution in [1.82, 2.24) is 0 Å². The van der Waals surface area contributed by atoms with Gasteiger partial charge in [0.25, 0.3) is 0 Å². The van der Waals surface area contributed by atoms with Gasteiger partial charge in [0.15, 0.2) is 5.05 Å². The molecule has 7 nitrogen and oxygen atoms in total. The average Bonchev–Trinajstić information content (AvgIpc) is 3.01. The lowest BCUT2D eigenvalue weighted by molar-refractivity contribution is 0.137. The van der Waals surface area contributed by atoms with Gasteiger partial charge in [-0.15, -0.1) is 0 Å². The predicted octanol–water partition coefficient (Wildman–Crippen LogP) is 2.55. The molecule has 0 aliphatic carbocycles. The summed E-state index contributed by atoms with van der Waals surface area (Å²) in [5.41, 5.74) is 1.81. The van der Waals surface area contributed by atoms with E-state index in [1.165, 1.54) is 0 Å². The fourth-order valence-electron chi connectivity index (χ4n) is 2.62. The topological polar surface area (TPSA) is 63.6 Å². The summed E-state index contributed by atoms with van der Waals surface area (Å²) in [4.78, 5) is 20.6. The second kappa shape index (κ2) is 7.48. The van der Waals surface area contributed by atoms with Crippen molar-refractivity contribution in [3.8, 4) is 0 Å². The standard InChI is InChI=1S/C16H19N3O4S/c1-21-15(24)7-6-14-10-19(16(20)23-14)13-4-2-12(3-5-13)18-8-9-22-17-11-18/h2-5,11,14H,6-10H2,1H3/t14-/m0/s1. The van der Waals surface area contributed by atoms with Crippen LogP contribution in [0.4, 0.5) is 16.2 Å². The van der Waals surface area contributed by atoms with E-state index in [2.05, 4.69) is 5.16 Å². The Morgan fingerprint density at radius 3 is 2.79 bits per heavy atom. The van der Waals surface area contributed by atoms with Gasteiger partial charge in [-0.3, -0.25) is 4.90 Å². The fourth-order valence-corrected chi connectivity index (χ4v) is 2.74. The van der Waals surface area contributed by atoms with Gasteiger partial charge >= 0.3 is 6.09 Å². The van der Waals surface area contributed by atoms with Crippen molar-refractivity contribution in [2.24, 2.45) is 5.16 Å². The Morgan fingerprint density at radius 2 is 2.12 bits per heavy atom. The molecule has 1 aromatic rings. The van der Waals surface area contributed by atoms with Gasteiger partial charge in [0.05, 0.1) is 20.2 Å². The number of benzene rings is 1. The van der Waals surface area contributed by atoms with E-state index >= 15 is 0 Å². The maximum absolute atomic E-state index is 12.1. The molecule has 2 aliphatic heterocycles. The van der Waals surface area contributed by atoms with E-state index < -0.39 is 0 Å². The van der Waals surface area contributed by atoms with Crippen molar-refractivity contribution in [2.75, 3.05) is 36.6 Å². The molecule has 1 fully saturated rings. The van der Waals surface area contributed by atoms with Crippen molar-refractivity contribution >= 4 is 41.1 Å². The average molecular weight is 349 g/mol. The highest BCUT2D eigenvalue weighted by Crippen LogP contribution is 2.26. The van der Waals surface area contributed by atoms with E-state index in [1.54, 1.807) is 18.3 Å². The molecule has 1 saturated heterocycles. The van der Waals surface area contributed by atoms with Crippen LogP contribution in [0.1, 0.15) is 12.8 Å². The Kier molecular flexibility index (Phi) is 5.14. The molecule has 1 atom stereocenters. The number of methoxy groups -OCH3 is 1. The summed E-state index contributed by atoms with van der Waals surface area (Å²) in [5, 5.41) is 4.32. The van der Waals surface area contributed by atoms with Crippen LogP contribution in [0.5, 0.6) is 0 Å². The number of oxime groups is 1. The van der Waals surface area contributed by atoms with Crippen LogP contribution in [-0.2, 0) is 14.3 Å². The summed E-state index contributed by atoms with van der Waals surface area (Å²) in [6.07, 6.45) is 2.42. The summed E-state index contributed by atoms with van der Waals surface area (Å²) in [6.45, 7) is 1.82. The molecule has 8 heteroatoms. The van der Waals surface area contributed by atoms with Gasteiger partial charge in [-0.05, 0) is 42.9 Å². The Bertz CT molecular complexity index is 635. The van der Waals surface area contributed by atoms with E-state index in [0.29, 0.717) is 31.0 Å². The predicted molar refractivity (Wildman–Crippen MR) is 94.7 cm³/mol. The summed E-state index contributed by atoms with van der Waals surface area (Å²) < 4.78 is 10.4. The minimum atomic E-state index is -0.330. The summed E-state index contributed by atoms with van der Waals surface area (Å²) in [6, 6.07) is 7.71. The highest BCUT2D eigenvalue weighted by atomic mass is 32.1. The molecule has 128 valence electrons. The highest BCUT2D eigenvalue weighted by Gasteiger charge is 2.32. The molecule has 0 radical (unpaired) electrons. The van der Waals surface area contributed by atoms with Crippen molar-refractivity contribution in [1.29, 1.82) is 0 Å². The first kappa shape index (κ1) is 16.5. The minimum absolute atomic E-state index is 0.170. The smallest absolute Gasteiger partial charge is 0.414 e. The highest BCUT2D eigenvalue weighted by molar-refractivity contribution is 7.80. The van der Waals surface area contributed by atoms with E-state index in [0.717, 1.165) is 17.9 Å². The molecule has 0 aromatic heterocycles. The molecule has 1 aromatic carbocycles. The van der Waals surface area contributed by atoms with Gasteiger partial charge in [0.1, 0.15) is 19.0 Å². The Morgan fingerprint density at radius 1 is 1.38 bits per heavy atom. The third-order valence-electron chi connectivity index (χ3n) is 3.95. The molecular weight excluding hydrogens is 330 g/mol. The number of carbonyl (C=O) groups excluding carboxylic acids is 1. The van der Waals surface area contributed by atoms with Crippen LogP contribution in [-0.4, -0.2) is 50.4 Å². The molecular formula is C16H19N3O4S. The second-order valence-electron chi connectivity index (χ2n) is 5.50. The van der Waals surface area contributed by atoms with Crippen molar-refractivity contribution < 1.29 is 19.1 Å². The molecule has 0 bridgehead atoms. The molecule has 0 N–H and O–H groups in total. The van der Waals surface area contributed by atoms with Crippen molar-refractivity contribution in [3.05, 3.63) is 24.3 Å². The number of hydrogen-bond donors (Lipinski definition) is 0. The third-order valence-corrected chi connectivity index (χ3v) is 4.32. The van der Waals surface area contributed by atoms with Gasteiger partial charge in [-0.25, -0.2) is 4.79 Å². The van der Waals surface area contributed by atoms with Crippen LogP contribution < -0.4 is 9.80 Å². The number of ether oxygens (including phenoxy) is 2. The van der Waals surface area contributed by atoms with Crippen LogP contribution >= 0.6 is 12.2 Å². The van der Waals surface area contributed by atoms with Crippen molar-refractivity contribution in [3.63, 3.8) is 0 Å². The lowest BCUT2D eigenvalue weighted by Crippen LogP contribution is -2.29. The maximum Gasteiger partial charge on any atom is 0.414 e. The van der Waals surface area contributed by atoms with Crippen LogP contribution in [0.2, 0.25) is 0 Å². The second-order valence-corrected chi connectivity index (χ2v) is 5.95. The third kappa shape index (κ3) is 3.76. The zero-order valence-corrected chi connectivity index (χ0v) is 14.2. The van der Waals surface area contributed by atoms with Gasteiger partial charge in [0, 0.05) is 17.8 Å². The molecule has 0 saturated carbocycles. The van der Waals surface area contributed by atoms with Gasteiger partial charge in [-0.1, -0.05) is 5.16 Å². The number of thiocarbonyl (C=S) groups is 1. The monoisotopic (exact) mass is 349 g/mol. The molecule has 0 unspecified atom stereocenters. The van der Waals surface area contributed by atoms with E-state index in [4.69, 9.17) is 26.5 Å². The zero-order chi connectivity index (χ0) is 16.9. The number of carbonyl (C=O) groups is 1. The first-order valence-electron chi connectivity index (χ1n) is 7.74. The van der Waals surface area contributed by atoms with Crippen LogP contribution in [0.3, 0.4) is 0 Å². The fraction of sp³-hybridized carbons (Fsp3) is 0.438. The molecule has 2 heterocycles. The lowest BCUT2D eigenvalue weighted by Gasteiger charge is -2.22. The molecule has 3 rings (SSSR count). The van der Waals surface area contributed by atoms with E-state index in [9.17, 15) is 4.79 Å². The Labute approximate surface area is 145 Å². The molecule has 1 amide bonds. The lowest BCUT2D eigenvalue weighted by atomic mass is 10.2. The summed E-state index contributed by atoms with van der Waals surface area (Å²) in [5.74, 6) is 0. The first-order valence-corrected chi connectivity index (χ1v) is 8.15. The number of cyclic esters (lactones) is 1. The van der Waals surface area contributed by atoms with Crippen LogP contribution in [0.25, 0.3) is 0 Å². The number of amides is 1. The number of rotatable bonds is 5. The molecule has 24 heavy (non-hydrogen) atoms. The summed E-state index contributed by atoms with van der Waals surface area (Å²) >= 11 is 5.02. The largest absolute Gasteiger partial charge is 0.490 e. The summed E-state index contributed by atoms with van der Waals surface area (Å²) in [7, 11) is 1.55. The normalized spacial score (nSPS) is 19.9. The Hall–Kier alpha value is -2.35. The number of hydrogen-bond acceptors (Lipinski definition) is 7. The van der Waals surface area contributed by atoms with E-state index in [-0.39, 0.29) is 12.2 Å². The molecule has 2 aliphatic rings. The van der Waals surface area contributed by atoms with E-state index in [1.807, 2.05) is 29.2 Å². The van der Waals surface area contributed by atoms with Crippen LogP contribution in [0, 0.1) is 0 Å². The SMILES string of the molecule is COC(=S)CC[C@H]1CN(c2ccc(N3C=NOCC3)cc2)C(=O)O1.